The zero-order chi connectivity index (χ0) is 8.39. The fraction of sp³-hybridized carbons (Fsp3) is 0. The van der Waals surface area contributed by atoms with Gasteiger partial charge in [0.1, 0.15) is 0 Å². The van der Waals surface area contributed by atoms with Gasteiger partial charge >= 0.3 is 0 Å². The zero-order valence-electron chi connectivity index (χ0n) is 6.38. The lowest BCUT2D eigenvalue weighted by molar-refractivity contribution is 0.260. The molecule has 1 aromatic rings. The van der Waals surface area contributed by atoms with Crippen molar-refractivity contribution in [3.8, 4) is 0 Å². The monoisotopic (exact) mass is 160 g/mol. The van der Waals surface area contributed by atoms with Gasteiger partial charge in [0.15, 0.2) is 0 Å². The molecule has 0 atom stereocenters. The zero-order valence-corrected chi connectivity index (χ0v) is 6.38. The molecular weight excluding hydrogens is 152 g/mol. The summed E-state index contributed by atoms with van der Waals surface area (Å²) in [6.07, 6.45) is 5.23. The number of hydrogen-bond acceptors (Lipinski definition) is 3. The molecule has 1 aliphatic heterocycles. The summed E-state index contributed by atoms with van der Waals surface area (Å²) in [6.45, 7) is 0. The highest BCUT2D eigenvalue weighted by atomic mass is 16.5. The molecule has 0 aliphatic carbocycles. The third kappa shape index (κ3) is 1.10. The van der Waals surface area contributed by atoms with Gasteiger partial charge in [-0.15, -0.1) is 5.17 Å². The molecule has 3 nitrogen and oxygen atoms in total. The minimum Gasteiger partial charge on any atom is -0.267 e. The Labute approximate surface area is 70.2 Å². The summed E-state index contributed by atoms with van der Waals surface area (Å²) in [5.41, 5.74) is 1.65. The van der Waals surface area contributed by atoms with E-state index < -0.39 is 0 Å². The first kappa shape index (κ1) is 7.06. The molecule has 1 heterocycles. The highest BCUT2D eigenvalue weighted by molar-refractivity contribution is 5.83. The molecule has 1 aromatic carbocycles. The third-order valence-corrected chi connectivity index (χ3v) is 1.69. The summed E-state index contributed by atoms with van der Waals surface area (Å²) in [7, 11) is 0. The van der Waals surface area contributed by atoms with Crippen LogP contribution in [0.3, 0.4) is 0 Å². The number of para-hydroxylation sites is 1. The summed E-state index contributed by atoms with van der Waals surface area (Å²) in [5, 5.41) is 13.9. The lowest BCUT2D eigenvalue weighted by Gasteiger charge is -2.10. The lowest BCUT2D eigenvalue weighted by atomic mass is 10.2. The van der Waals surface area contributed by atoms with Gasteiger partial charge in [-0.2, -0.15) is 5.10 Å². The maximum absolute atomic E-state index is 9.34. The highest BCUT2D eigenvalue weighted by Crippen LogP contribution is 2.21. The molecule has 0 saturated heterocycles. The Hall–Kier alpha value is -1.61. The molecule has 12 heavy (non-hydrogen) atoms. The second-order valence-electron chi connectivity index (χ2n) is 2.47. The molecule has 3 heteroatoms. The average Bonchev–Trinajstić information content (AvgIpc) is 2.29. The molecule has 0 bridgehead atoms. The molecule has 1 aliphatic rings. The van der Waals surface area contributed by atoms with Gasteiger partial charge in [-0.25, -0.2) is 0 Å². The van der Waals surface area contributed by atoms with Gasteiger partial charge in [-0.05, 0) is 12.1 Å². The Bertz CT molecular complexity index is 344. The van der Waals surface area contributed by atoms with Gasteiger partial charge in [-0.3, -0.25) is 5.21 Å². The van der Waals surface area contributed by atoms with Crippen molar-refractivity contribution >= 4 is 18.0 Å². The van der Waals surface area contributed by atoms with Crippen LogP contribution in [0.1, 0.15) is 5.56 Å². The quantitative estimate of drug-likeness (QED) is 0.629. The van der Waals surface area contributed by atoms with Crippen molar-refractivity contribution in [1.82, 2.24) is 0 Å². The van der Waals surface area contributed by atoms with Crippen molar-refractivity contribution in [2.75, 3.05) is 5.17 Å². The Morgan fingerprint density at radius 3 is 3.00 bits per heavy atom. The van der Waals surface area contributed by atoms with E-state index >= 15 is 0 Å². The predicted molar refractivity (Wildman–Crippen MR) is 48.2 cm³/mol. The van der Waals surface area contributed by atoms with Crippen molar-refractivity contribution in [2.45, 2.75) is 0 Å². The van der Waals surface area contributed by atoms with Crippen LogP contribution in [0.5, 0.6) is 0 Å². The maximum Gasteiger partial charge on any atom is 0.0971 e. The average molecular weight is 160 g/mol. The molecular formula is C9H8N2O. The third-order valence-electron chi connectivity index (χ3n) is 1.69. The molecule has 1 N–H and O–H groups in total. The van der Waals surface area contributed by atoms with Gasteiger partial charge < -0.3 is 0 Å². The number of allylic oxidation sites excluding steroid dienone is 1. The van der Waals surface area contributed by atoms with Gasteiger partial charge in [0.2, 0.25) is 0 Å². The van der Waals surface area contributed by atoms with Crippen molar-refractivity contribution in [3.05, 3.63) is 35.9 Å². The second-order valence-corrected chi connectivity index (χ2v) is 2.47. The fourth-order valence-corrected chi connectivity index (χ4v) is 1.12. The normalized spacial score (nSPS) is 14.2. The smallest absolute Gasteiger partial charge is 0.0971 e. The topological polar surface area (TPSA) is 35.8 Å². The molecule has 0 fully saturated rings. The fourth-order valence-electron chi connectivity index (χ4n) is 1.12. The van der Waals surface area contributed by atoms with Crippen LogP contribution >= 0.6 is 0 Å². The summed E-state index contributed by atoms with van der Waals surface area (Å²) in [6, 6.07) is 7.51. The van der Waals surface area contributed by atoms with Gasteiger partial charge in [0.05, 0.1) is 5.69 Å². The SMILES string of the molecule is ON1N=CC=Cc2ccccc21. The van der Waals surface area contributed by atoms with Crippen LogP contribution in [-0.2, 0) is 0 Å². The first-order chi connectivity index (χ1) is 5.88. The van der Waals surface area contributed by atoms with Crippen molar-refractivity contribution in [1.29, 1.82) is 0 Å². The van der Waals surface area contributed by atoms with Crippen molar-refractivity contribution < 1.29 is 5.21 Å². The van der Waals surface area contributed by atoms with E-state index in [1.54, 1.807) is 12.3 Å². The van der Waals surface area contributed by atoms with E-state index in [1.807, 2.05) is 30.3 Å². The van der Waals surface area contributed by atoms with Crippen molar-refractivity contribution in [2.24, 2.45) is 5.10 Å². The number of hydrazone groups is 1. The van der Waals surface area contributed by atoms with Crippen LogP contribution in [0, 0.1) is 0 Å². The molecule has 0 radical (unpaired) electrons. The summed E-state index contributed by atoms with van der Waals surface area (Å²) < 4.78 is 0. The van der Waals surface area contributed by atoms with E-state index in [2.05, 4.69) is 5.10 Å². The number of hydrogen-bond donors (Lipinski definition) is 1. The van der Waals surface area contributed by atoms with Crippen molar-refractivity contribution in [3.63, 3.8) is 0 Å². The molecule has 0 saturated carbocycles. The Morgan fingerprint density at radius 1 is 1.25 bits per heavy atom. The molecule has 60 valence electrons. The first-order valence-electron chi connectivity index (χ1n) is 3.66. The molecule has 0 aromatic heterocycles. The van der Waals surface area contributed by atoms with Crippen LogP contribution in [0.25, 0.3) is 6.08 Å². The van der Waals surface area contributed by atoms with Crippen LogP contribution in [-0.4, -0.2) is 11.4 Å². The van der Waals surface area contributed by atoms with E-state index in [0.29, 0.717) is 5.69 Å². The number of nitrogens with zero attached hydrogens (tertiary/aromatic N) is 2. The number of rotatable bonds is 0. The second kappa shape index (κ2) is 2.79. The number of anilines is 1. The van der Waals surface area contributed by atoms with Gasteiger partial charge in [0.25, 0.3) is 0 Å². The van der Waals surface area contributed by atoms with Crippen LogP contribution < -0.4 is 5.17 Å². The Kier molecular flexibility index (Phi) is 1.64. The minimum absolute atomic E-state index is 0.697. The molecule has 2 rings (SSSR count). The van der Waals surface area contributed by atoms with E-state index in [9.17, 15) is 5.21 Å². The van der Waals surface area contributed by atoms with Crippen LogP contribution in [0.4, 0.5) is 5.69 Å². The maximum atomic E-state index is 9.34. The van der Waals surface area contributed by atoms with Gasteiger partial charge in [-0.1, -0.05) is 24.3 Å². The highest BCUT2D eigenvalue weighted by Gasteiger charge is 2.05. The standard InChI is InChI=1S/C9H8N2O/c12-11-9-6-2-1-4-8(9)5-3-7-10-11/h1-7,12H. The Morgan fingerprint density at radius 2 is 2.08 bits per heavy atom. The van der Waals surface area contributed by atoms with E-state index in [0.717, 1.165) is 10.7 Å². The predicted octanol–water partition coefficient (Wildman–Crippen LogP) is 1.89. The van der Waals surface area contributed by atoms with E-state index in [1.165, 1.54) is 0 Å². The molecule has 0 amide bonds. The molecule has 0 unspecified atom stereocenters. The lowest BCUT2D eigenvalue weighted by Crippen LogP contribution is -2.09. The summed E-state index contributed by atoms with van der Waals surface area (Å²) in [4.78, 5) is 0. The number of fused-ring (bicyclic) bond motifs is 1. The van der Waals surface area contributed by atoms with E-state index in [4.69, 9.17) is 0 Å². The first-order valence-corrected chi connectivity index (χ1v) is 3.66. The largest absolute Gasteiger partial charge is 0.267 e. The minimum atomic E-state index is 0.697. The molecule has 0 spiro atoms. The summed E-state index contributed by atoms with van der Waals surface area (Å²) in [5.74, 6) is 0. The summed E-state index contributed by atoms with van der Waals surface area (Å²) >= 11 is 0. The number of benzene rings is 1. The van der Waals surface area contributed by atoms with E-state index in [-0.39, 0.29) is 0 Å². The Balaban J connectivity index is 2.56. The van der Waals surface area contributed by atoms with Gasteiger partial charge in [0, 0.05) is 11.8 Å². The van der Waals surface area contributed by atoms with Crippen LogP contribution in [0.15, 0.2) is 35.4 Å². The van der Waals surface area contributed by atoms with Crippen LogP contribution in [0.2, 0.25) is 0 Å².